The molecule has 0 aliphatic heterocycles. The molecule has 78 valence electrons. The van der Waals surface area contributed by atoms with Crippen LogP contribution < -0.4 is 0 Å². The molecule has 0 aliphatic carbocycles. The van der Waals surface area contributed by atoms with Gasteiger partial charge in [0.25, 0.3) is 0 Å². The van der Waals surface area contributed by atoms with Crippen LogP contribution in [0.4, 0.5) is 4.39 Å². The SMILES string of the molecule is CC(C)c1c(Br)cnc2c(F)cccc12. The highest BCUT2D eigenvalue weighted by molar-refractivity contribution is 9.10. The van der Waals surface area contributed by atoms with Crippen LogP contribution in [0.5, 0.6) is 0 Å². The molecule has 2 aromatic rings. The third-order valence-electron chi connectivity index (χ3n) is 2.42. The number of pyridine rings is 1. The van der Waals surface area contributed by atoms with Crippen LogP contribution in [0.2, 0.25) is 0 Å². The summed E-state index contributed by atoms with van der Waals surface area (Å²) in [5, 5.41) is 0.888. The minimum Gasteiger partial charge on any atom is -0.252 e. The number of hydrogen-bond donors (Lipinski definition) is 0. The van der Waals surface area contributed by atoms with E-state index in [0.717, 1.165) is 15.4 Å². The van der Waals surface area contributed by atoms with Crippen molar-refractivity contribution in [2.24, 2.45) is 0 Å². The summed E-state index contributed by atoms with van der Waals surface area (Å²) in [7, 11) is 0. The third-order valence-corrected chi connectivity index (χ3v) is 3.05. The van der Waals surface area contributed by atoms with Crippen molar-refractivity contribution in [3.8, 4) is 0 Å². The van der Waals surface area contributed by atoms with Crippen LogP contribution in [-0.2, 0) is 0 Å². The summed E-state index contributed by atoms with van der Waals surface area (Å²) in [6.45, 7) is 4.18. The number of fused-ring (bicyclic) bond motifs is 1. The number of benzene rings is 1. The van der Waals surface area contributed by atoms with Gasteiger partial charge >= 0.3 is 0 Å². The van der Waals surface area contributed by atoms with Crippen molar-refractivity contribution in [2.75, 3.05) is 0 Å². The van der Waals surface area contributed by atoms with E-state index in [9.17, 15) is 4.39 Å². The second-order valence-corrected chi connectivity index (χ2v) is 4.66. The predicted octanol–water partition coefficient (Wildman–Crippen LogP) is 4.26. The third kappa shape index (κ3) is 1.76. The number of hydrogen-bond acceptors (Lipinski definition) is 1. The van der Waals surface area contributed by atoms with Crippen molar-refractivity contribution in [1.29, 1.82) is 0 Å². The van der Waals surface area contributed by atoms with Gasteiger partial charge in [-0.3, -0.25) is 4.98 Å². The van der Waals surface area contributed by atoms with Crippen molar-refractivity contribution < 1.29 is 4.39 Å². The fourth-order valence-corrected chi connectivity index (χ4v) is 2.54. The van der Waals surface area contributed by atoms with Gasteiger partial charge in [-0.05, 0) is 33.5 Å². The van der Waals surface area contributed by atoms with Gasteiger partial charge in [-0.1, -0.05) is 26.0 Å². The summed E-state index contributed by atoms with van der Waals surface area (Å²) in [5.74, 6) is 0.0774. The van der Waals surface area contributed by atoms with Crippen LogP contribution in [0.1, 0.15) is 25.3 Å². The molecule has 0 radical (unpaired) electrons. The molecule has 1 aromatic carbocycles. The standard InChI is InChI=1S/C12H11BrFN/c1-7(2)11-8-4-3-5-10(14)12(8)15-6-9(11)13/h3-7H,1-2H3. The Balaban J connectivity index is 2.88. The molecule has 2 rings (SSSR count). The lowest BCUT2D eigenvalue weighted by molar-refractivity contribution is 0.636. The molecule has 0 atom stereocenters. The minimum atomic E-state index is -0.262. The van der Waals surface area contributed by atoms with Gasteiger partial charge in [0.05, 0.1) is 0 Å². The van der Waals surface area contributed by atoms with Crippen molar-refractivity contribution in [3.05, 3.63) is 40.2 Å². The van der Waals surface area contributed by atoms with Gasteiger partial charge in [-0.25, -0.2) is 4.39 Å². The molecule has 1 aromatic heterocycles. The van der Waals surface area contributed by atoms with Crippen molar-refractivity contribution in [2.45, 2.75) is 19.8 Å². The molecular weight excluding hydrogens is 257 g/mol. The Morgan fingerprint density at radius 1 is 1.33 bits per heavy atom. The number of halogens is 2. The maximum absolute atomic E-state index is 13.5. The average molecular weight is 268 g/mol. The van der Waals surface area contributed by atoms with E-state index in [1.54, 1.807) is 12.3 Å². The average Bonchev–Trinajstić information content (AvgIpc) is 2.17. The van der Waals surface area contributed by atoms with Crippen LogP contribution in [0.15, 0.2) is 28.9 Å². The second-order valence-electron chi connectivity index (χ2n) is 3.81. The van der Waals surface area contributed by atoms with E-state index in [4.69, 9.17) is 0 Å². The lowest BCUT2D eigenvalue weighted by Gasteiger charge is -2.11. The molecule has 0 aliphatic rings. The summed E-state index contributed by atoms with van der Waals surface area (Å²) in [5.41, 5.74) is 1.56. The molecule has 0 unspecified atom stereocenters. The molecule has 1 heterocycles. The molecule has 0 saturated carbocycles. The zero-order valence-electron chi connectivity index (χ0n) is 8.59. The fourth-order valence-electron chi connectivity index (χ4n) is 1.77. The number of nitrogens with zero attached hydrogens (tertiary/aromatic N) is 1. The normalized spacial score (nSPS) is 11.3. The molecule has 0 N–H and O–H groups in total. The van der Waals surface area contributed by atoms with Gasteiger partial charge in [0.1, 0.15) is 11.3 Å². The first-order valence-corrected chi connectivity index (χ1v) is 5.63. The first-order chi connectivity index (χ1) is 7.11. The largest absolute Gasteiger partial charge is 0.252 e. The zero-order chi connectivity index (χ0) is 11.0. The molecular formula is C12H11BrFN. The minimum absolute atomic E-state index is 0.262. The van der Waals surface area contributed by atoms with E-state index in [0.29, 0.717) is 11.4 Å². The maximum atomic E-state index is 13.5. The van der Waals surface area contributed by atoms with Gasteiger partial charge in [0.2, 0.25) is 0 Å². The van der Waals surface area contributed by atoms with E-state index in [1.165, 1.54) is 6.07 Å². The van der Waals surface area contributed by atoms with Crippen molar-refractivity contribution >= 4 is 26.8 Å². The van der Waals surface area contributed by atoms with E-state index in [2.05, 4.69) is 34.8 Å². The molecule has 3 heteroatoms. The van der Waals surface area contributed by atoms with Crippen LogP contribution in [-0.4, -0.2) is 4.98 Å². The highest BCUT2D eigenvalue weighted by atomic mass is 79.9. The van der Waals surface area contributed by atoms with E-state index >= 15 is 0 Å². The Morgan fingerprint density at radius 3 is 2.73 bits per heavy atom. The van der Waals surface area contributed by atoms with Crippen LogP contribution in [0, 0.1) is 5.82 Å². The number of para-hydroxylation sites is 1. The Bertz CT molecular complexity index is 508. The Labute approximate surface area is 96.5 Å². The summed E-state index contributed by atoms with van der Waals surface area (Å²) in [6, 6.07) is 5.07. The lowest BCUT2D eigenvalue weighted by atomic mass is 9.99. The topological polar surface area (TPSA) is 12.9 Å². The summed E-state index contributed by atoms with van der Waals surface area (Å²) in [4.78, 5) is 4.10. The molecule has 0 bridgehead atoms. The fraction of sp³-hybridized carbons (Fsp3) is 0.250. The quantitative estimate of drug-likeness (QED) is 0.753. The van der Waals surface area contributed by atoms with E-state index in [1.807, 2.05) is 6.07 Å². The summed E-state index contributed by atoms with van der Waals surface area (Å²) in [6.07, 6.45) is 1.67. The molecule has 0 amide bonds. The molecule has 0 fully saturated rings. The van der Waals surface area contributed by atoms with E-state index < -0.39 is 0 Å². The lowest BCUT2D eigenvalue weighted by Crippen LogP contribution is -1.95. The zero-order valence-corrected chi connectivity index (χ0v) is 10.2. The Kier molecular flexibility index (Phi) is 2.74. The van der Waals surface area contributed by atoms with Gasteiger partial charge in [-0.15, -0.1) is 0 Å². The smallest absolute Gasteiger partial charge is 0.149 e. The van der Waals surface area contributed by atoms with Gasteiger partial charge in [0, 0.05) is 16.1 Å². The number of rotatable bonds is 1. The monoisotopic (exact) mass is 267 g/mol. The van der Waals surface area contributed by atoms with Crippen LogP contribution in [0.25, 0.3) is 10.9 Å². The maximum Gasteiger partial charge on any atom is 0.149 e. The molecule has 15 heavy (non-hydrogen) atoms. The molecule has 0 saturated heterocycles. The highest BCUT2D eigenvalue weighted by Gasteiger charge is 2.12. The van der Waals surface area contributed by atoms with E-state index in [-0.39, 0.29) is 5.82 Å². The predicted molar refractivity (Wildman–Crippen MR) is 63.5 cm³/mol. The molecule has 0 spiro atoms. The van der Waals surface area contributed by atoms with Gasteiger partial charge < -0.3 is 0 Å². The Hall–Kier alpha value is -0.960. The summed E-state index contributed by atoms with van der Waals surface area (Å²) < 4.78 is 14.4. The first-order valence-electron chi connectivity index (χ1n) is 4.84. The number of aromatic nitrogens is 1. The summed E-state index contributed by atoms with van der Waals surface area (Å²) >= 11 is 3.46. The molecule has 1 nitrogen and oxygen atoms in total. The first kappa shape index (κ1) is 10.6. The van der Waals surface area contributed by atoms with Gasteiger partial charge in [-0.2, -0.15) is 0 Å². The second kappa shape index (κ2) is 3.89. The van der Waals surface area contributed by atoms with Crippen LogP contribution in [0.3, 0.4) is 0 Å². The van der Waals surface area contributed by atoms with Crippen LogP contribution >= 0.6 is 15.9 Å². The highest BCUT2D eigenvalue weighted by Crippen LogP contribution is 2.31. The Morgan fingerprint density at radius 2 is 2.07 bits per heavy atom. The van der Waals surface area contributed by atoms with Crippen molar-refractivity contribution in [1.82, 2.24) is 4.98 Å². The van der Waals surface area contributed by atoms with Crippen molar-refractivity contribution in [3.63, 3.8) is 0 Å². The van der Waals surface area contributed by atoms with Gasteiger partial charge in [0.15, 0.2) is 0 Å².